The Hall–Kier alpha value is -1.60. The Morgan fingerprint density at radius 1 is 0.500 bits per heavy atom. The van der Waals surface area contributed by atoms with Crippen LogP contribution < -0.4 is 20.4 Å². The molecule has 0 aliphatic rings. The summed E-state index contributed by atoms with van der Waals surface area (Å²) in [5.41, 5.74) is 0. The smallest absolute Gasteiger partial charge is 0.545 e. The van der Waals surface area contributed by atoms with Crippen LogP contribution in [0.5, 0.6) is 0 Å². The average Bonchev–Trinajstić information content (AvgIpc) is 2.12. The van der Waals surface area contributed by atoms with Crippen LogP contribution in [0.1, 0.15) is 0 Å². The number of hydrogen-bond acceptors (Lipinski definition) is 8. The van der Waals surface area contributed by atoms with Gasteiger partial charge in [0.05, 0.1) is 23.9 Å². The number of carboxylic acids is 4. The van der Waals surface area contributed by atoms with Crippen molar-refractivity contribution in [3.63, 3.8) is 0 Å². The van der Waals surface area contributed by atoms with Gasteiger partial charge in [-0.15, -0.1) is 0 Å². The van der Waals surface area contributed by atoms with Gasteiger partial charge < -0.3 is 39.6 Å². The van der Waals surface area contributed by atoms with Gasteiger partial charge >= 0.3 is 34.1 Å². The summed E-state index contributed by atoms with van der Waals surface area (Å²) in [5, 5.41) is 37.7. The van der Waals surface area contributed by atoms with Gasteiger partial charge in [-0.3, -0.25) is 0 Å². The summed E-state index contributed by atoms with van der Waals surface area (Å²) in [5.74, 6) is -6.19. The maximum Gasteiger partial charge on any atom is 2.00 e. The van der Waals surface area contributed by atoms with Gasteiger partial charge in [-0.05, 0) is 24.3 Å². The molecule has 0 atom stereocenters. The Morgan fingerprint density at radius 3 is 0.667 bits per heavy atom. The van der Waals surface area contributed by atoms with Crippen LogP contribution in [0, 0.1) is 0 Å². The van der Waals surface area contributed by atoms with Crippen LogP contribution in [-0.4, -0.2) is 23.9 Å². The van der Waals surface area contributed by atoms with Crippen molar-refractivity contribution in [2.24, 2.45) is 0 Å². The zero-order valence-corrected chi connectivity index (χ0v) is 10.1. The summed E-state index contributed by atoms with van der Waals surface area (Å²) >= 11 is 0. The average molecular weight is 355 g/mol. The van der Waals surface area contributed by atoms with E-state index in [0.717, 1.165) is 0 Å². The van der Waals surface area contributed by atoms with Crippen molar-refractivity contribution >= 4 is 23.9 Å². The third-order valence-electron chi connectivity index (χ3n) is 0.711. The first-order chi connectivity index (χ1) is 7.25. The minimum absolute atomic E-state index is 0. The number of carbonyl (C=O) groups is 4. The Kier molecular flexibility index (Phi) is 21.6. The van der Waals surface area contributed by atoms with E-state index in [2.05, 4.69) is 0 Å². The molecule has 2 radical (unpaired) electrons. The summed E-state index contributed by atoms with van der Waals surface area (Å²) < 4.78 is 0. The Balaban J connectivity index is -0.0000000980. The van der Waals surface area contributed by atoms with Gasteiger partial charge in [-0.25, -0.2) is 0 Å². The molecule has 10 heteroatoms. The fourth-order valence-corrected chi connectivity index (χ4v) is 0.272. The predicted octanol–water partition coefficient (Wildman–Crippen LogP) is -5.92. The molecular formula is C8H4Cu2O8. The van der Waals surface area contributed by atoms with E-state index in [1.165, 1.54) is 0 Å². The molecule has 0 fully saturated rings. The van der Waals surface area contributed by atoms with E-state index in [9.17, 15) is 39.6 Å². The van der Waals surface area contributed by atoms with Gasteiger partial charge in [0.1, 0.15) is 0 Å². The molecule has 0 unspecified atom stereocenters. The largest absolute Gasteiger partial charge is 2.00 e. The first-order valence-electron chi connectivity index (χ1n) is 3.45. The zero-order valence-electron chi connectivity index (χ0n) is 8.18. The third-order valence-corrected chi connectivity index (χ3v) is 0.711. The van der Waals surface area contributed by atoms with Gasteiger partial charge in [0.2, 0.25) is 0 Å². The summed E-state index contributed by atoms with van der Waals surface area (Å²) in [6.07, 6.45) is 1.54. The molecule has 0 heterocycles. The molecule has 18 heavy (non-hydrogen) atoms. The number of carboxylic acid groups (broad SMARTS) is 4. The summed E-state index contributed by atoms with van der Waals surface area (Å²) in [6.45, 7) is 0. The van der Waals surface area contributed by atoms with Crippen molar-refractivity contribution in [2.45, 2.75) is 0 Å². The second kappa shape index (κ2) is 15.4. The SMILES string of the molecule is O=C([O-])/C=C/C(=O)[O-].O=C([O-])/C=C\C(=O)[O-].[Cu+2].[Cu+2]. The molecule has 0 aromatic rings. The Morgan fingerprint density at radius 2 is 0.611 bits per heavy atom. The number of aliphatic carboxylic acids is 4. The Bertz CT molecular complexity index is 281. The van der Waals surface area contributed by atoms with E-state index < -0.39 is 23.9 Å². The Labute approximate surface area is 122 Å². The quantitative estimate of drug-likeness (QED) is 0.356. The van der Waals surface area contributed by atoms with Gasteiger partial charge in [0, 0.05) is 0 Å². The molecule has 0 N–H and O–H groups in total. The number of carbonyl (C=O) groups excluding carboxylic acids is 4. The van der Waals surface area contributed by atoms with Gasteiger partial charge in [0.25, 0.3) is 0 Å². The molecule has 106 valence electrons. The van der Waals surface area contributed by atoms with E-state index >= 15 is 0 Å². The van der Waals surface area contributed by atoms with Crippen molar-refractivity contribution < 1.29 is 73.7 Å². The van der Waals surface area contributed by atoms with Crippen LogP contribution in [0.15, 0.2) is 24.3 Å². The summed E-state index contributed by atoms with van der Waals surface area (Å²) in [7, 11) is 0. The van der Waals surface area contributed by atoms with Gasteiger partial charge in [-0.2, -0.15) is 0 Å². The molecule has 0 saturated carbocycles. The molecule has 0 amide bonds. The fraction of sp³-hybridized carbons (Fsp3) is 0. The number of rotatable bonds is 4. The van der Waals surface area contributed by atoms with E-state index in [4.69, 9.17) is 0 Å². The third kappa shape index (κ3) is 36.6. The first kappa shape index (κ1) is 25.3. The normalized spacial score (nSPS) is 8.44. The van der Waals surface area contributed by atoms with E-state index in [1.807, 2.05) is 0 Å². The maximum absolute atomic E-state index is 9.41. The minimum atomic E-state index is -1.55. The molecular weight excluding hydrogens is 351 g/mol. The molecule has 0 spiro atoms. The van der Waals surface area contributed by atoms with Crippen molar-refractivity contribution in [3.05, 3.63) is 24.3 Å². The molecule has 0 rings (SSSR count). The van der Waals surface area contributed by atoms with E-state index in [1.54, 1.807) is 0 Å². The van der Waals surface area contributed by atoms with Gasteiger partial charge in [0.15, 0.2) is 0 Å². The summed E-state index contributed by atoms with van der Waals surface area (Å²) in [6, 6.07) is 0. The van der Waals surface area contributed by atoms with Crippen LogP contribution in [0.25, 0.3) is 0 Å². The zero-order chi connectivity index (χ0) is 13.1. The van der Waals surface area contributed by atoms with Crippen LogP contribution in [0.2, 0.25) is 0 Å². The van der Waals surface area contributed by atoms with Crippen molar-refractivity contribution in [2.75, 3.05) is 0 Å². The molecule has 0 aliphatic carbocycles. The first-order valence-corrected chi connectivity index (χ1v) is 3.45. The van der Waals surface area contributed by atoms with Gasteiger partial charge in [-0.1, -0.05) is 0 Å². The van der Waals surface area contributed by atoms with Crippen molar-refractivity contribution in [1.29, 1.82) is 0 Å². The molecule has 0 aromatic heterocycles. The predicted molar refractivity (Wildman–Crippen MR) is 38.3 cm³/mol. The topological polar surface area (TPSA) is 161 Å². The van der Waals surface area contributed by atoms with Crippen molar-refractivity contribution in [3.8, 4) is 0 Å². The van der Waals surface area contributed by atoms with Crippen LogP contribution in [0.4, 0.5) is 0 Å². The van der Waals surface area contributed by atoms with Crippen LogP contribution >= 0.6 is 0 Å². The molecule has 0 bridgehead atoms. The standard InChI is InChI=1S/2C4H4O4.2Cu/c2*5-3(6)1-2-4(7)8;;/h2*1-2H,(H,5,6)(H,7,8);;/q;;2*+2/p-4/b2-1+;2-1-;;. The monoisotopic (exact) mass is 354 g/mol. The second-order valence-electron chi connectivity index (χ2n) is 1.94. The molecule has 0 aromatic carbocycles. The maximum atomic E-state index is 9.41. The molecule has 0 saturated heterocycles. The summed E-state index contributed by atoms with van der Waals surface area (Å²) in [4.78, 5) is 37.7. The van der Waals surface area contributed by atoms with E-state index in [0.29, 0.717) is 24.3 Å². The van der Waals surface area contributed by atoms with E-state index in [-0.39, 0.29) is 34.1 Å². The van der Waals surface area contributed by atoms with Crippen LogP contribution in [-0.2, 0) is 53.3 Å². The molecule has 8 nitrogen and oxygen atoms in total. The fourth-order valence-electron chi connectivity index (χ4n) is 0.272. The van der Waals surface area contributed by atoms with Crippen molar-refractivity contribution in [1.82, 2.24) is 0 Å². The minimum Gasteiger partial charge on any atom is -0.545 e. The molecule has 0 aliphatic heterocycles. The second-order valence-corrected chi connectivity index (χ2v) is 1.94. The van der Waals surface area contributed by atoms with Crippen LogP contribution in [0.3, 0.4) is 0 Å². The number of hydrogen-bond donors (Lipinski definition) is 0.